The molecule has 0 saturated carbocycles. The zero-order valence-electron chi connectivity index (χ0n) is 13.5. The van der Waals surface area contributed by atoms with Crippen molar-refractivity contribution in [2.24, 2.45) is 0 Å². The van der Waals surface area contributed by atoms with Crippen molar-refractivity contribution < 1.29 is 28.3 Å². The fourth-order valence-corrected chi connectivity index (χ4v) is 4.25. The van der Waals surface area contributed by atoms with Crippen molar-refractivity contribution in [2.75, 3.05) is 0 Å². The van der Waals surface area contributed by atoms with E-state index in [9.17, 15) is 23.2 Å². The number of hydrogen-bond donors (Lipinski definition) is 1. The van der Waals surface area contributed by atoms with E-state index >= 15 is 0 Å². The number of carbonyl (C=O) groups is 3. The Labute approximate surface area is 156 Å². The second kappa shape index (κ2) is 6.92. The number of ketones is 1. The van der Waals surface area contributed by atoms with Crippen molar-refractivity contribution in [3.63, 3.8) is 0 Å². The second-order valence-corrected chi connectivity index (χ2v) is 7.54. The minimum absolute atomic E-state index is 0.101. The summed E-state index contributed by atoms with van der Waals surface area (Å²) in [6.45, 7) is 1.59. The number of carboxylic acid groups (broad SMARTS) is 1. The highest BCUT2D eigenvalue weighted by molar-refractivity contribution is 7.10. The van der Waals surface area contributed by atoms with Crippen LogP contribution in [0.2, 0.25) is 0 Å². The fraction of sp³-hybridized carbons (Fsp3) is 0.353. The van der Waals surface area contributed by atoms with Gasteiger partial charge in [0.2, 0.25) is 0 Å². The molecule has 1 aliphatic carbocycles. The van der Waals surface area contributed by atoms with E-state index in [1.165, 1.54) is 16.4 Å². The maximum atomic E-state index is 12.9. The van der Waals surface area contributed by atoms with Crippen LogP contribution in [0.25, 0.3) is 0 Å². The van der Waals surface area contributed by atoms with Gasteiger partial charge >= 0.3 is 5.97 Å². The van der Waals surface area contributed by atoms with Gasteiger partial charge in [0, 0.05) is 11.1 Å². The summed E-state index contributed by atoms with van der Waals surface area (Å²) in [6.07, 6.45) is -1.58. The number of fused-ring (bicyclic) bond motifs is 1. The smallest absolute Gasteiger partial charge is 0.307 e. The zero-order chi connectivity index (χ0) is 19.2. The summed E-state index contributed by atoms with van der Waals surface area (Å²) in [5, 5.41) is 9.67. The van der Waals surface area contributed by atoms with E-state index in [-0.39, 0.29) is 29.1 Å². The number of halogens is 3. The third kappa shape index (κ3) is 3.19. The molecule has 1 aromatic rings. The molecule has 2 aliphatic rings. The number of carbonyl (C=O) groups excluding carboxylic acids is 2. The molecule has 26 heavy (non-hydrogen) atoms. The highest BCUT2D eigenvalue weighted by atomic mass is 35.5. The molecular formula is C17H14ClF2NO4S. The van der Waals surface area contributed by atoms with Crippen LogP contribution in [0.4, 0.5) is 8.78 Å². The largest absolute Gasteiger partial charge is 0.481 e. The molecule has 1 aromatic heterocycles. The van der Waals surface area contributed by atoms with Crippen LogP contribution in [0.1, 0.15) is 41.4 Å². The van der Waals surface area contributed by atoms with E-state index < -0.39 is 29.7 Å². The van der Waals surface area contributed by atoms with E-state index in [0.29, 0.717) is 16.8 Å². The lowest BCUT2D eigenvalue weighted by molar-refractivity contribution is -0.136. The van der Waals surface area contributed by atoms with Crippen LogP contribution in [-0.4, -0.2) is 39.1 Å². The summed E-state index contributed by atoms with van der Waals surface area (Å²) in [5.74, 6) is -1.94. The Bertz CT molecular complexity index is 861. The van der Waals surface area contributed by atoms with Gasteiger partial charge in [-0.15, -0.1) is 22.9 Å². The van der Waals surface area contributed by atoms with Gasteiger partial charge in [-0.1, -0.05) is 0 Å². The standard InChI is InChI=1S/C17H14ClF2NO4S/c1-7-9(4-15(23)24)10-3-13(22)11(18)5-12(10)21(7)17(25)8-2-14(16(19)20)26-6-8/h2-3,6,11-12,16H,4-5H2,1H3,(H,23,24). The second-order valence-electron chi connectivity index (χ2n) is 6.07. The van der Waals surface area contributed by atoms with Crippen molar-refractivity contribution in [2.45, 2.75) is 37.6 Å². The number of nitrogens with zero attached hydrogens (tertiary/aromatic N) is 1. The molecule has 0 saturated heterocycles. The van der Waals surface area contributed by atoms with Crippen LogP contribution in [-0.2, 0) is 9.59 Å². The zero-order valence-corrected chi connectivity index (χ0v) is 15.1. The van der Waals surface area contributed by atoms with Gasteiger partial charge in [0.25, 0.3) is 12.3 Å². The number of allylic oxidation sites excluding steroid dienone is 2. The van der Waals surface area contributed by atoms with Crippen LogP contribution in [0.5, 0.6) is 0 Å². The molecule has 0 aromatic carbocycles. The van der Waals surface area contributed by atoms with Crippen molar-refractivity contribution in [1.82, 2.24) is 4.90 Å². The van der Waals surface area contributed by atoms with Crippen LogP contribution >= 0.6 is 22.9 Å². The van der Waals surface area contributed by atoms with Gasteiger partial charge in [0.05, 0.1) is 28.3 Å². The van der Waals surface area contributed by atoms with Crippen molar-refractivity contribution >= 4 is 40.6 Å². The van der Waals surface area contributed by atoms with Gasteiger partial charge in [-0.05, 0) is 36.6 Å². The van der Waals surface area contributed by atoms with Gasteiger partial charge in [0.1, 0.15) is 0 Å². The van der Waals surface area contributed by atoms with Crippen LogP contribution in [0, 0.1) is 0 Å². The predicted molar refractivity (Wildman–Crippen MR) is 91.5 cm³/mol. The first kappa shape index (κ1) is 18.7. The first-order chi connectivity index (χ1) is 12.2. The first-order valence-electron chi connectivity index (χ1n) is 7.72. The maximum absolute atomic E-state index is 12.9. The van der Waals surface area contributed by atoms with Gasteiger partial charge < -0.3 is 10.0 Å². The molecule has 0 spiro atoms. The number of hydrogen-bond acceptors (Lipinski definition) is 4. The average molecular weight is 402 g/mol. The van der Waals surface area contributed by atoms with Crippen molar-refractivity contribution in [1.29, 1.82) is 0 Å². The highest BCUT2D eigenvalue weighted by Crippen LogP contribution is 2.42. The van der Waals surface area contributed by atoms with Crippen molar-refractivity contribution in [3.8, 4) is 0 Å². The lowest BCUT2D eigenvalue weighted by Crippen LogP contribution is -2.40. The lowest BCUT2D eigenvalue weighted by Gasteiger charge is -2.30. The van der Waals surface area contributed by atoms with Gasteiger partial charge in [-0.3, -0.25) is 14.4 Å². The SMILES string of the molecule is CC1=C(CC(=O)O)C2=CC(=O)C(Cl)CC2N1C(=O)c1csc(C(F)F)c1. The average Bonchev–Trinajstić information content (AvgIpc) is 3.13. The molecular weight excluding hydrogens is 388 g/mol. The Morgan fingerprint density at radius 1 is 1.46 bits per heavy atom. The third-order valence-electron chi connectivity index (χ3n) is 4.48. The molecule has 3 rings (SSSR count). The molecule has 2 unspecified atom stereocenters. The molecule has 1 amide bonds. The molecule has 0 radical (unpaired) electrons. The summed E-state index contributed by atoms with van der Waals surface area (Å²) in [4.78, 5) is 37.2. The Kier molecular flexibility index (Phi) is 4.98. The molecule has 0 bridgehead atoms. The third-order valence-corrected chi connectivity index (χ3v) is 5.82. The van der Waals surface area contributed by atoms with Crippen LogP contribution in [0.3, 0.4) is 0 Å². The number of aliphatic carboxylic acids is 1. The number of rotatable bonds is 4. The van der Waals surface area contributed by atoms with E-state index in [4.69, 9.17) is 16.7 Å². The Morgan fingerprint density at radius 3 is 2.73 bits per heavy atom. The Hall–Kier alpha value is -2.06. The summed E-state index contributed by atoms with van der Waals surface area (Å²) in [5.41, 5.74) is 1.35. The summed E-state index contributed by atoms with van der Waals surface area (Å²) in [7, 11) is 0. The highest BCUT2D eigenvalue weighted by Gasteiger charge is 2.43. The number of carboxylic acids is 1. The first-order valence-corrected chi connectivity index (χ1v) is 9.03. The van der Waals surface area contributed by atoms with Gasteiger partial charge in [-0.2, -0.15) is 0 Å². The molecule has 138 valence electrons. The van der Waals surface area contributed by atoms with E-state index in [0.717, 1.165) is 17.4 Å². The fourth-order valence-electron chi connectivity index (χ4n) is 3.29. The molecule has 9 heteroatoms. The minimum Gasteiger partial charge on any atom is -0.481 e. The minimum atomic E-state index is -2.67. The molecule has 2 heterocycles. The number of thiophene rings is 1. The number of amides is 1. The monoisotopic (exact) mass is 401 g/mol. The molecule has 5 nitrogen and oxygen atoms in total. The summed E-state index contributed by atoms with van der Waals surface area (Å²) in [6, 6.07) is 0.558. The van der Waals surface area contributed by atoms with Crippen LogP contribution < -0.4 is 0 Å². The van der Waals surface area contributed by atoms with E-state index in [2.05, 4.69) is 0 Å². The van der Waals surface area contributed by atoms with Gasteiger partial charge in [0.15, 0.2) is 5.78 Å². The lowest BCUT2D eigenvalue weighted by atomic mass is 9.89. The van der Waals surface area contributed by atoms with Gasteiger partial charge in [-0.25, -0.2) is 8.78 Å². The summed E-state index contributed by atoms with van der Waals surface area (Å²) < 4.78 is 25.6. The van der Waals surface area contributed by atoms with Crippen molar-refractivity contribution in [3.05, 3.63) is 44.8 Å². The molecule has 0 fully saturated rings. The number of alkyl halides is 3. The Morgan fingerprint density at radius 2 is 2.15 bits per heavy atom. The van der Waals surface area contributed by atoms with E-state index in [1.807, 2.05) is 0 Å². The Balaban J connectivity index is 2.02. The molecule has 2 atom stereocenters. The quantitative estimate of drug-likeness (QED) is 0.779. The predicted octanol–water partition coefficient (Wildman–Crippen LogP) is 3.77. The maximum Gasteiger partial charge on any atom is 0.307 e. The molecule has 1 N–H and O–H groups in total. The topological polar surface area (TPSA) is 74.7 Å². The summed E-state index contributed by atoms with van der Waals surface area (Å²) >= 11 is 6.82. The normalized spacial score (nSPS) is 22.7. The molecule has 1 aliphatic heterocycles. The van der Waals surface area contributed by atoms with E-state index in [1.54, 1.807) is 6.92 Å². The van der Waals surface area contributed by atoms with Crippen LogP contribution in [0.15, 0.2) is 34.4 Å².